The van der Waals surface area contributed by atoms with Crippen LogP contribution in [0.1, 0.15) is 13.8 Å². The predicted molar refractivity (Wildman–Crippen MR) is 67.3 cm³/mol. The van der Waals surface area contributed by atoms with Gasteiger partial charge in [-0.15, -0.1) is 0 Å². The minimum atomic E-state index is -4.58. The zero-order chi connectivity index (χ0) is 15.7. The first-order valence-electron chi connectivity index (χ1n) is 5.56. The zero-order valence-corrected chi connectivity index (χ0v) is 11.6. The Kier molecular flexibility index (Phi) is 4.77. The molecule has 1 rings (SSSR count). The minimum Gasteiger partial charge on any atom is -0.387 e. The van der Waals surface area contributed by atoms with Crippen LogP contribution in [0.3, 0.4) is 0 Å². The smallest absolute Gasteiger partial charge is 0.249 e. The van der Waals surface area contributed by atoms with Gasteiger partial charge in [0.1, 0.15) is 23.3 Å². The molecular formula is C11H14F3N3O2S. The van der Waals surface area contributed by atoms with Crippen LogP contribution in [0.15, 0.2) is 17.0 Å². The Balaban J connectivity index is 3.45. The topological polar surface area (TPSA) is 87.2 Å². The number of nitrogens with one attached hydrogen (secondary N) is 1. The summed E-state index contributed by atoms with van der Waals surface area (Å²) >= 11 is 0. The molecule has 3 N–H and O–H groups in total. The molecule has 0 atom stereocenters. The molecule has 0 unspecified atom stereocenters. The monoisotopic (exact) mass is 309 g/mol. The molecule has 0 fully saturated rings. The Bertz CT molecular complexity index is 609. The highest BCUT2D eigenvalue weighted by Crippen LogP contribution is 2.25. The van der Waals surface area contributed by atoms with Gasteiger partial charge in [0, 0.05) is 18.2 Å². The molecule has 0 amide bonds. The number of benzene rings is 1. The lowest BCUT2D eigenvalue weighted by Crippen LogP contribution is -2.43. The van der Waals surface area contributed by atoms with Crippen molar-refractivity contribution in [2.45, 2.75) is 24.8 Å². The van der Waals surface area contributed by atoms with Gasteiger partial charge in [0.25, 0.3) is 0 Å². The molecule has 0 aromatic heterocycles. The van der Waals surface area contributed by atoms with E-state index in [-0.39, 0.29) is 12.1 Å². The van der Waals surface area contributed by atoms with Crippen LogP contribution in [-0.4, -0.2) is 31.1 Å². The van der Waals surface area contributed by atoms with Crippen LogP contribution in [0, 0.1) is 22.9 Å². The van der Waals surface area contributed by atoms with Gasteiger partial charge >= 0.3 is 0 Å². The SMILES string of the molecule is CC(C)N(CC(=N)N)S(=O)(=O)c1c(F)cc(F)cc1F. The second kappa shape index (κ2) is 5.80. The lowest BCUT2D eigenvalue weighted by Gasteiger charge is -2.25. The normalized spacial score (nSPS) is 12.2. The van der Waals surface area contributed by atoms with E-state index in [0.29, 0.717) is 4.31 Å². The van der Waals surface area contributed by atoms with Gasteiger partial charge in [0.2, 0.25) is 10.0 Å². The Morgan fingerprint density at radius 3 is 2.10 bits per heavy atom. The van der Waals surface area contributed by atoms with Crippen molar-refractivity contribution >= 4 is 15.9 Å². The van der Waals surface area contributed by atoms with Gasteiger partial charge in [-0.05, 0) is 13.8 Å². The van der Waals surface area contributed by atoms with Gasteiger partial charge in [0.05, 0.1) is 6.54 Å². The molecule has 0 spiro atoms. The fourth-order valence-electron chi connectivity index (χ4n) is 1.61. The maximum Gasteiger partial charge on any atom is 0.249 e. The van der Waals surface area contributed by atoms with E-state index in [4.69, 9.17) is 11.1 Å². The van der Waals surface area contributed by atoms with Crippen molar-refractivity contribution in [1.82, 2.24) is 4.31 Å². The molecule has 5 nitrogen and oxygen atoms in total. The van der Waals surface area contributed by atoms with E-state index < -0.39 is 50.8 Å². The number of amidine groups is 1. The van der Waals surface area contributed by atoms with Crippen LogP contribution in [-0.2, 0) is 10.0 Å². The molecule has 20 heavy (non-hydrogen) atoms. The Hall–Kier alpha value is -1.61. The number of nitrogens with two attached hydrogens (primary N) is 1. The molecule has 0 saturated carbocycles. The number of halogens is 3. The molecule has 0 heterocycles. The van der Waals surface area contributed by atoms with E-state index in [0.717, 1.165) is 0 Å². The van der Waals surface area contributed by atoms with E-state index in [1.165, 1.54) is 13.8 Å². The average molecular weight is 309 g/mol. The fraction of sp³-hybridized carbons (Fsp3) is 0.364. The molecule has 0 bridgehead atoms. The first-order chi connectivity index (χ1) is 9.07. The van der Waals surface area contributed by atoms with Crippen molar-refractivity contribution in [3.63, 3.8) is 0 Å². The van der Waals surface area contributed by atoms with Crippen LogP contribution in [0.2, 0.25) is 0 Å². The maximum atomic E-state index is 13.6. The third-order valence-electron chi connectivity index (χ3n) is 2.43. The molecular weight excluding hydrogens is 295 g/mol. The second-order valence-corrected chi connectivity index (χ2v) is 6.20. The number of rotatable bonds is 5. The standard InChI is InChI=1S/C11H14F3N3O2S/c1-6(2)17(5-10(15)16)20(18,19)11-8(13)3-7(12)4-9(11)14/h3-4,6H,5H2,1-2H3,(H3,15,16). The van der Waals surface area contributed by atoms with Crippen LogP contribution < -0.4 is 5.73 Å². The average Bonchev–Trinajstić information content (AvgIpc) is 2.22. The number of hydrogen-bond acceptors (Lipinski definition) is 3. The Labute approximate surface area is 114 Å². The fourth-order valence-corrected chi connectivity index (χ4v) is 3.31. The lowest BCUT2D eigenvalue weighted by atomic mass is 10.3. The summed E-state index contributed by atoms with van der Waals surface area (Å²) in [4.78, 5) is -1.26. The molecule has 0 aliphatic carbocycles. The van der Waals surface area contributed by atoms with Gasteiger partial charge < -0.3 is 5.73 Å². The first kappa shape index (κ1) is 16.4. The number of hydrogen-bond donors (Lipinski definition) is 2. The molecule has 112 valence electrons. The number of nitrogens with zero attached hydrogens (tertiary/aromatic N) is 1. The third-order valence-corrected chi connectivity index (χ3v) is 4.51. The van der Waals surface area contributed by atoms with Crippen molar-refractivity contribution in [1.29, 1.82) is 5.41 Å². The van der Waals surface area contributed by atoms with E-state index in [9.17, 15) is 21.6 Å². The van der Waals surface area contributed by atoms with Crippen molar-refractivity contribution in [3.05, 3.63) is 29.6 Å². The van der Waals surface area contributed by atoms with Crippen molar-refractivity contribution < 1.29 is 21.6 Å². The van der Waals surface area contributed by atoms with Crippen LogP contribution in [0.5, 0.6) is 0 Å². The highest BCUT2D eigenvalue weighted by atomic mass is 32.2. The van der Waals surface area contributed by atoms with Gasteiger partial charge in [-0.3, -0.25) is 5.41 Å². The van der Waals surface area contributed by atoms with Crippen molar-refractivity contribution in [3.8, 4) is 0 Å². The molecule has 0 radical (unpaired) electrons. The minimum absolute atomic E-state index is 0.280. The number of sulfonamides is 1. The second-order valence-electron chi connectivity index (χ2n) is 4.37. The molecule has 9 heteroatoms. The Morgan fingerprint density at radius 1 is 1.30 bits per heavy atom. The van der Waals surface area contributed by atoms with Gasteiger partial charge in [-0.2, -0.15) is 4.31 Å². The van der Waals surface area contributed by atoms with Crippen molar-refractivity contribution in [2.24, 2.45) is 5.73 Å². The summed E-state index contributed by atoms with van der Waals surface area (Å²) in [6, 6.07) is -0.127. The Morgan fingerprint density at radius 2 is 1.75 bits per heavy atom. The first-order valence-corrected chi connectivity index (χ1v) is 7.00. The predicted octanol–water partition coefficient (Wildman–Crippen LogP) is 1.44. The summed E-state index contributed by atoms with van der Waals surface area (Å²) in [5.74, 6) is -4.76. The largest absolute Gasteiger partial charge is 0.387 e. The highest BCUT2D eigenvalue weighted by molar-refractivity contribution is 7.89. The van der Waals surface area contributed by atoms with Gasteiger partial charge in [0.15, 0.2) is 4.90 Å². The van der Waals surface area contributed by atoms with Crippen LogP contribution >= 0.6 is 0 Å². The van der Waals surface area contributed by atoms with Crippen LogP contribution in [0.25, 0.3) is 0 Å². The van der Waals surface area contributed by atoms with E-state index in [2.05, 4.69) is 0 Å². The van der Waals surface area contributed by atoms with E-state index >= 15 is 0 Å². The summed E-state index contributed by atoms with van der Waals surface area (Å²) in [6.45, 7) is 2.40. The lowest BCUT2D eigenvalue weighted by molar-refractivity contribution is 0.381. The summed E-state index contributed by atoms with van der Waals surface area (Å²) in [7, 11) is -4.58. The quantitative estimate of drug-likeness (QED) is 0.637. The summed E-state index contributed by atoms with van der Waals surface area (Å²) in [5, 5.41) is 7.13. The molecule has 1 aromatic rings. The van der Waals surface area contributed by atoms with Gasteiger partial charge in [-0.1, -0.05) is 0 Å². The van der Waals surface area contributed by atoms with E-state index in [1.54, 1.807) is 0 Å². The summed E-state index contributed by atoms with van der Waals surface area (Å²) in [6.07, 6.45) is 0. The summed E-state index contributed by atoms with van der Waals surface area (Å²) in [5.41, 5.74) is 5.14. The van der Waals surface area contributed by atoms with Crippen LogP contribution in [0.4, 0.5) is 13.2 Å². The van der Waals surface area contributed by atoms with Crippen molar-refractivity contribution in [2.75, 3.05) is 6.54 Å². The van der Waals surface area contributed by atoms with Gasteiger partial charge in [-0.25, -0.2) is 21.6 Å². The maximum absolute atomic E-state index is 13.6. The molecule has 0 aliphatic rings. The molecule has 0 aliphatic heterocycles. The highest BCUT2D eigenvalue weighted by Gasteiger charge is 2.33. The summed E-state index contributed by atoms with van der Waals surface area (Å²) < 4.78 is 65.1. The van der Waals surface area contributed by atoms with E-state index in [1.807, 2.05) is 0 Å². The third kappa shape index (κ3) is 3.28. The zero-order valence-electron chi connectivity index (χ0n) is 10.8. The molecule has 0 saturated heterocycles. The molecule has 1 aromatic carbocycles.